The molecule has 0 aliphatic carbocycles. The molecule has 0 heterocycles. The van der Waals surface area contributed by atoms with E-state index in [9.17, 15) is 18.0 Å². The Hall–Kier alpha value is -2.80. The van der Waals surface area contributed by atoms with Crippen LogP contribution < -0.4 is 5.14 Å². The van der Waals surface area contributed by atoms with Crippen LogP contribution in [0.1, 0.15) is 28.4 Å². The molecule has 0 atom stereocenters. The van der Waals surface area contributed by atoms with Gasteiger partial charge in [0.2, 0.25) is 10.0 Å². The Kier molecular flexibility index (Phi) is 5.98. The monoisotopic (exact) mass is 427 g/mol. The van der Waals surface area contributed by atoms with Crippen molar-refractivity contribution in [3.8, 4) is 11.1 Å². The lowest BCUT2D eigenvalue weighted by Crippen LogP contribution is -2.14. The van der Waals surface area contributed by atoms with Gasteiger partial charge in [-0.15, -0.1) is 0 Å². The number of rotatable bonds is 6. The van der Waals surface area contributed by atoms with Gasteiger partial charge in [-0.05, 0) is 41.8 Å². The zero-order chi connectivity index (χ0) is 21.2. The number of halogens is 1. The predicted octanol–water partition coefficient (Wildman–Crippen LogP) is 4.02. The smallest absolute Gasteiger partial charge is 0.239 e. The zero-order valence-corrected chi connectivity index (χ0v) is 17.1. The van der Waals surface area contributed by atoms with Crippen LogP contribution in [0.25, 0.3) is 11.1 Å². The molecule has 0 spiro atoms. The van der Waals surface area contributed by atoms with Crippen molar-refractivity contribution in [1.82, 2.24) is 0 Å². The van der Waals surface area contributed by atoms with E-state index < -0.39 is 10.0 Å². The lowest BCUT2D eigenvalue weighted by atomic mass is 9.97. The summed E-state index contributed by atoms with van der Waals surface area (Å²) in [5.41, 5.74) is 3.33. The topological polar surface area (TPSA) is 94.3 Å². The van der Waals surface area contributed by atoms with Gasteiger partial charge in [-0.25, -0.2) is 13.6 Å². The van der Waals surface area contributed by atoms with E-state index in [1.165, 1.54) is 18.2 Å². The molecule has 5 nitrogen and oxygen atoms in total. The summed E-state index contributed by atoms with van der Waals surface area (Å²) < 4.78 is 23.2. The molecule has 0 aromatic heterocycles. The summed E-state index contributed by atoms with van der Waals surface area (Å²) >= 11 is 5.87. The number of Topliss-reactive ketones (excluding diaryl/α,β-unsaturated/α-hetero) is 1. The first-order chi connectivity index (χ1) is 13.6. The number of carbonyl (C=O) groups excluding carboxylic acids is 2. The van der Waals surface area contributed by atoms with Crippen LogP contribution in [0.15, 0.2) is 71.6 Å². The number of hydrogen-bond donors (Lipinski definition) is 1. The molecule has 3 aromatic rings. The molecule has 0 amide bonds. The van der Waals surface area contributed by atoms with E-state index in [0.717, 1.165) is 16.7 Å². The number of primary sulfonamides is 1. The minimum Gasteiger partial charge on any atom is -0.300 e. The Balaban J connectivity index is 1.89. The molecule has 148 valence electrons. The number of nitrogens with two attached hydrogens (primary N) is 1. The lowest BCUT2D eigenvalue weighted by molar-refractivity contribution is -0.116. The Morgan fingerprint density at radius 3 is 2.17 bits per heavy atom. The van der Waals surface area contributed by atoms with Crippen molar-refractivity contribution in [2.75, 3.05) is 0 Å². The Morgan fingerprint density at radius 2 is 1.55 bits per heavy atom. The maximum atomic E-state index is 12.7. The van der Waals surface area contributed by atoms with E-state index in [1.807, 2.05) is 24.3 Å². The molecule has 0 saturated heterocycles. The van der Waals surface area contributed by atoms with E-state index in [-0.39, 0.29) is 27.0 Å². The average Bonchev–Trinajstić information content (AvgIpc) is 2.67. The third-order valence-corrected chi connectivity index (χ3v) is 5.75. The minimum atomic E-state index is -4.04. The molecule has 7 heteroatoms. The van der Waals surface area contributed by atoms with Crippen molar-refractivity contribution >= 4 is 33.2 Å². The van der Waals surface area contributed by atoms with Crippen LogP contribution in [0, 0.1) is 0 Å². The van der Waals surface area contributed by atoms with Gasteiger partial charge in [-0.2, -0.15) is 0 Å². The second-order valence-electron chi connectivity index (χ2n) is 6.68. The maximum Gasteiger partial charge on any atom is 0.239 e. The second kappa shape index (κ2) is 8.29. The summed E-state index contributed by atoms with van der Waals surface area (Å²) in [6.07, 6.45) is 0.368. The van der Waals surface area contributed by atoms with Gasteiger partial charge in [0, 0.05) is 17.5 Å². The quantitative estimate of drug-likeness (QED) is 0.601. The van der Waals surface area contributed by atoms with Gasteiger partial charge < -0.3 is 0 Å². The normalized spacial score (nSPS) is 11.3. The number of hydrogen-bond acceptors (Lipinski definition) is 4. The minimum absolute atomic E-state index is 0.0372. The molecule has 2 N–H and O–H groups in total. The highest BCUT2D eigenvalue weighted by atomic mass is 35.5. The van der Waals surface area contributed by atoms with E-state index in [0.29, 0.717) is 12.0 Å². The Morgan fingerprint density at radius 1 is 0.897 bits per heavy atom. The first-order valence-electron chi connectivity index (χ1n) is 8.71. The third-order valence-electron chi connectivity index (χ3n) is 4.36. The van der Waals surface area contributed by atoms with Gasteiger partial charge in [0.25, 0.3) is 0 Å². The van der Waals surface area contributed by atoms with Crippen LogP contribution in [-0.2, 0) is 21.2 Å². The average molecular weight is 428 g/mol. The van der Waals surface area contributed by atoms with E-state index >= 15 is 0 Å². The highest BCUT2D eigenvalue weighted by Crippen LogP contribution is 2.25. The largest absolute Gasteiger partial charge is 0.300 e. The predicted molar refractivity (Wildman–Crippen MR) is 113 cm³/mol. The fourth-order valence-corrected chi connectivity index (χ4v) is 4.06. The first kappa shape index (κ1) is 20.9. The maximum absolute atomic E-state index is 12.7. The fourth-order valence-electron chi connectivity index (χ4n) is 2.99. The van der Waals surface area contributed by atoms with Crippen molar-refractivity contribution in [3.05, 3.63) is 88.4 Å². The molecule has 0 unspecified atom stereocenters. The van der Waals surface area contributed by atoms with Crippen LogP contribution >= 0.6 is 11.6 Å². The highest BCUT2D eigenvalue weighted by molar-refractivity contribution is 7.89. The summed E-state index contributed by atoms with van der Waals surface area (Å²) in [4.78, 5) is 23.8. The zero-order valence-electron chi connectivity index (χ0n) is 15.6. The van der Waals surface area contributed by atoms with Crippen molar-refractivity contribution < 1.29 is 18.0 Å². The van der Waals surface area contributed by atoms with Crippen molar-refractivity contribution in [1.29, 1.82) is 0 Å². The van der Waals surface area contributed by atoms with Gasteiger partial charge >= 0.3 is 0 Å². The molecular formula is C22H18ClNO4S. The molecule has 0 saturated carbocycles. The third kappa shape index (κ3) is 4.98. The van der Waals surface area contributed by atoms with Gasteiger partial charge in [-0.1, -0.05) is 60.1 Å². The van der Waals surface area contributed by atoms with Crippen LogP contribution in [0.3, 0.4) is 0 Å². The van der Waals surface area contributed by atoms with E-state index in [1.54, 1.807) is 31.2 Å². The number of benzene rings is 3. The van der Waals surface area contributed by atoms with E-state index in [2.05, 4.69) is 0 Å². The fraction of sp³-hybridized carbons (Fsp3) is 0.0909. The summed E-state index contributed by atoms with van der Waals surface area (Å²) in [7, 11) is -4.04. The van der Waals surface area contributed by atoms with Gasteiger partial charge in [0.05, 0.1) is 5.02 Å². The standard InChI is InChI=1S/C22H18ClNO4S/c1-14(25)11-15-3-2-4-18(12-15)16-5-7-17(8-6-16)22(26)19-9-10-20(23)21(13-19)29(24,27)28/h2-10,12-13H,11H2,1H3,(H2,24,27,28). The molecule has 0 radical (unpaired) electrons. The van der Waals surface area contributed by atoms with E-state index in [4.69, 9.17) is 16.7 Å². The van der Waals surface area contributed by atoms with Crippen LogP contribution in [0.5, 0.6) is 0 Å². The molecule has 3 aromatic carbocycles. The van der Waals surface area contributed by atoms with Crippen molar-refractivity contribution in [2.24, 2.45) is 5.14 Å². The van der Waals surface area contributed by atoms with Gasteiger partial charge in [0.15, 0.2) is 5.78 Å². The molecule has 0 bridgehead atoms. The molecule has 0 aliphatic rings. The summed E-state index contributed by atoms with van der Waals surface area (Å²) in [5.74, 6) is -0.256. The van der Waals surface area contributed by atoms with Crippen LogP contribution in [0.4, 0.5) is 0 Å². The lowest BCUT2D eigenvalue weighted by Gasteiger charge is -2.08. The molecule has 29 heavy (non-hydrogen) atoms. The SMILES string of the molecule is CC(=O)Cc1cccc(-c2ccc(C(=O)c3ccc(Cl)c(S(N)(=O)=O)c3)cc2)c1. The van der Waals surface area contributed by atoms with Gasteiger partial charge in [0.1, 0.15) is 10.7 Å². The number of sulfonamides is 1. The molecular weight excluding hydrogens is 410 g/mol. The molecule has 0 aliphatic heterocycles. The summed E-state index contributed by atoms with van der Waals surface area (Å²) in [6.45, 7) is 1.55. The number of ketones is 2. The number of carbonyl (C=O) groups is 2. The van der Waals surface area contributed by atoms with Crippen molar-refractivity contribution in [2.45, 2.75) is 18.2 Å². The summed E-state index contributed by atoms with van der Waals surface area (Å²) in [6, 6.07) is 18.6. The van der Waals surface area contributed by atoms with Gasteiger partial charge in [-0.3, -0.25) is 9.59 Å². The summed E-state index contributed by atoms with van der Waals surface area (Å²) in [5, 5.41) is 5.11. The molecule has 3 rings (SSSR count). The van der Waals surface area contributed by atoms with Crippen LogP contribution in [-0.4, -0.2) is 20.0 Å². The highest BCUT2D eigenvalue weighted by Gasteiger charge is 2.17. The second-order valence-corrected chi connectivity index (χ2v) is 8.61. The first-order valence-corrected chi connectivity index (χ1v) is 10.6. The molecule has 0 fully saturated rings. The van der Waals surface area contributed by atoms with Crippen molar-refractivity contribution in [3.63, 3.8) is 0 Å². The Bertz CT molecular complexity index is 1200. The van der Waals surface area contributed by atoms with Crippen LogP contribution in [0.2, 0.25) is 5.02 Å². The Labute approximate surface area is 174 Å².